The third kappa shape index (κ3) is 3.92. The number of aromatic hydroxyl groups is 1. The van der Waals surface area contributed by atoms with Gasteiger partial charge >= 0.3 is 5.97 Å². The number of ether oxygens (including phenoxy) is 4. The van der Waals surface area contributed by atoms with Crippen LogP contribution in [-0.2, 0) is 14.3 Å². The van der Waals surface area contributed by atoms with Gasteiger partial charge in [0.2, 0.25) is 0 Å². The smallest absolute Gasteiger partial charge is 0.340 e. The van der Waals surface area contributed by atoms with E-state index >= 15 is 0 Å². The van der Waals surface area contributed by atoms with E-state index in [9.17, 15) is 14.7 Å². The number of esters is 1. The van der Waals surface area contributed by atoms with E-state index in [0.717, 1.165) is 0 Å². The van der Waals surface area contributed by atoms with Crippen molar-refractivity contribution in [3.63, 3.8) is 0 Å². The van der Waals surface area contributed by atoms with Gasteiger partial charge in [-0.15, -0.1) is 0 Å². The molecule has 0 spiro atoms. The first-order valence-electron chi connectivity index (χ1n) is 9.31. The molecule has 0 aromatic heterocycles. The van der Waals surface area contributed by atoms with Crippen molar-refractivity contribution < 1.29 is 33.6 Å². The Morgan fingerprint density at radius 1 is 0.935 bits per heavy atom. The van der Waals surface area contributed by atoms with E-state index in [1.807, 2.05) is 0 Å². The molecule has 8 heteroatoms. The first kappa shape index (κ1) is 21.8. The second-order valence-electron chi connectivity index (χ2n) is 6.62. The Balaban J connectivity index is 2.14. The number of phenolic OH excluding ortho intramolecular Hbond substituents is 1. The lowest BCUT2D eigenvalue weighted by molar-refractivity contribution is -0.136. The zero-order valence-corrected chi connectivity index (χ0v) is 17.9. The quantitative estimate of drug-likeness (QED) is 0.561. The zero-order chi connectivity index (χ0) is 22.7. The van der Waals surface area contributed by atoms with Gasteiger partial charge in [0.1, 0.15) is 0 Å². The summed E-state index contributed by atoms with van der Waals surface area (Å²) in [7, 11) is 5.70. The minimum atomic E-state index is -0.633. The fraction of sp³-hybridized carbons (Fsp3) is 0.217. The van der Waals surface area contributed by atoms with Gasteiger partial charge in [-0.25, -0.2) is 4.79 Å². The van der Waals surface area contributed by atoms with Crippen LogP contribution < -0.4 is 19.1 Å². The molecule has 2 aromatic rings. The summed E-state index contributed by atoms with van der Waals surface area (Å²) >= 11 is 0. The number of nitrogens with zero attached hydrogens (tertiary/aromatic N) is 1. The van der Waals surface area contributed by atoms with Crippen LogP contribution in [0.1, 0.15) is 12.5 Å². The zero-order valence-electron chi connectivity index (χ0n) is 17.9. The van der Waals surface area contributed by atoms with Crippen molar-refractivity contribution in [2.45, 2.75) is 6.92 Å². The predicted octanol–water partition coefficient (Wildman–Crippen LogP) is 3.30. The molecule has 2 aromatic carbocycles. The first-order chi connectivity index (χ1) is 14.9. The van der Waals surface area contributed by atoms with E-state index in [-0.39, 0.29) is 22.6 Å². The average molecular weight is 425 g/mol. The molecule has 0 saturated carbocycles. The number of phenols is 1. The normalized spacial score (nSPS) is 14.8. The third-order valence-electron chi connectivity index (χ3n) is 4.93. The molecule has 8 nitrogen and oxygen atoms in total. The van der Waals surface area contributed by atoms with Crippen LogP contribution >= 0.6 is 0 Å². The van der Waals surface area contributed by atoms with Gasteiger partial charge in [0.05, 0.1) is 45.3 Å². The maximum Gasteiger partial charge on any atom is 0.340 e. The van der Waals surface area contributed by atoms with E-state index in [4.69, 9.17) is 18.9 Å². The molecule has 31 heavy (non-hydrogen) atoms. The molecule has 0 radical (unpaired) electrons. The Labute approximate surface area is 179 Å². The summed E-state index contributed by atoms with van der Waals surface area (Å²) in [5.41, 5.74) is 1.80. The Morgan fingerprint density at radius 2 is 1.61 bits per heavy atom. The molecule has 0 saturated heterocycles. The molecule has 0 fully saturated rings. The lowest BCUT2D eigenvalue weighted by atomic mass is 10.0. The van der Waals surface area contributed by atoms with Crippen LogP contribution in [0.4, 0.5) is 5.69 Å². The van der Waals surface area contributed by atoms with Crippen LogP contribution in [0.2, 0.25) is 0 Å². The van der Waals surface area contributed by atoms with Crippen molar-refractivity contribution in [3.8, 4) is 23.0 Å². The number of allylic oxidation sites excluding steroid dienone is 1. The van der Waals surface area contributed by atoms with E-state index in [1.165, 1.54) is 39.4 Å². The highest BCUT2D eigenvalue weighted by molar-refractivity contribution is 6.23. The summed E-state index contributed by atoms with van der Waals surface area (Å²) in [6, 6.07) is 9.66. The van der Waals surface area contributed by atoms with Gasteiger partial charge in [-0.3, -0.25) is 9.69 Å². The number of hydrogen-bond donors (Lipinski definition) is 1. The number of hydrogen-bond acceptors (Lipinski definition) is 7. The number of methoxy groups -OCH3 is 4. The standard InChI is InChI=1S/C23H23NO7/c1-13-21(23(27)31-5)16(10-14-6-8-17(25)19(11-14)29-3)22(26)24(13)15-7-9-18(28-2)20(12-15)30-4/h6-12,25H,1-5H3/b16-10-. The molecular formula is C23H23NO7. The average Bonchev–Trinajstić information content (AvgIpc) is 3.03. The molecule has 162 valence electrons. The fourth-order valence-corrected chi connectivity index (χ4v) is 3.41. The van der Waals surface area contributed by atoms with Gasteiger partial charge in [-0.2, -0.15) is 0 Å². The molecule has 3 rings (SSSR count). The number of carbonyl (C=O) groups excluding carboxylic acids is 2. The number of carbonyl (C=O) groups is 2. The third-order valence-corrected chi connectivity index (χ3v) is 4.93. The van der Waals surface area contributed by atoms with Crippen molar-refractivity contribution in [1.29, 1.82) is 0 Å². The van der Waals surface area contributed by atoms with E-state index in [0.29, 0.717) is 28.4 Å². The minimum absolute atomic E-state index is 0.0331. The van der Waals surface area contributed by atoms with Gasteiger partial charge < -0.3 is 24.1 Å². The highest BCUT2D eigenvalue weighted by Gasteiger charge is 2.38. The minimum Gasteiger partial charge on any atom is -0.504 e. The van der Waals surface area contributed by atoms with Crippen molar-refractivity contribution in [1.82, 2.24) is 0 Å². The van der Waals surface area contributed by atoms with E-state index in [2.05, 4.69) is 0 Å². The van der Waals surface area contributed by atoms with Crippen LogP contribution in [0.5, 0.6) is 23.0 Å². The molecule has 1 amide bonds. The Morgan fingerprint density at radius 3 is 2.23 bits per heavy atom. The second kappa shape index (κ2) is 8.83. The predicted molar refractivity (Wildman–Crippen MR) is 114 cm³/mol. The van der Waals surface area contributed by atoms with Crippen LogP contribution in [0, 0.1) is 0 Å². The summed E-state index contributed by atoms with van der Waals surface area (Å²) in [5.74, 6) is 0.134. The van der Waals surface area contributed by atoms with Crippen molar-refractivity contribution >= 4 is 23.6 Å². The number of benzene rings is 2. The molecule has 1 aliphatic rings. The largest absolute Gasteiger partial charge is 0.504 e. The molecule has 0 unspecified atom stereocenters. The van der Waals surface area contributed by atoms with Gasteiger partial charge in [-0.05, 0) is 42.8 Å². The SMILES string of the molecule is COC(=O)C1=C(C)N(c2ccc(OC)c(OC)c2)C(=O)/C1=C\c1ccc(O)c(OC)c1. The maximum absolute atomic E-state index is 13.4. The molecule has 0 atom stereocenters. The molecule has 1 N–H and O–H groups in total. The van der Waals surface area contributed by atoms with Gasteiger partial charge in [0.25, 0.3) is 5.91 Å². The first-order valence-corrected chi connectivity index (χ1v) is 9.31. The lowest BCUT2D eigenvalue weighted by Gasteiger charge is -2.19. The molecule has 1 heterocycles. The van der Waals surface area contributed by atoms with Gasteiger partial charge in [0, 0.05) is 11.8 Å². The Hall–Kier alpha value is -3.94. The van der Waals surface area contributed by atoms with Crippen molar-refractivity contribution in [2.24, 2.45) is 0 Å². The molecular weight excluding hydrogens is 402 g/mol. The molecule has 1 aliphatic heterocycles. The summed E-state index contributed by atoms with van der Waals surface area (Å²) in [5, 5.41) is 9.82. The fourth-order valence-electron chi connectivity index (χ4n) is 3.41. The lowest BCUT2D eigenvalue weighted by Crippen LogP contribution is -2.24. The monoisotopic (exact) mass is 425 g/mol. The number of rotatable bonds is 6. The Kier molecular flexibility index (Phi) is 6.20. The van der Waals surface area contributed by atoms with Crippen LogP contribution in [0.3, 0.4) is 0 Å². The van der Waals surface area contributed by atoms with Crippen LogP contribution in [0.25, 0.3) is 6.08 Å². The van der Waals surface area contributed by atoms with Crippen LogP contribution in [-0.4, -0.2) is 45.4 Å². The number of amides is 1. The van der Waals surface area contributed by atoms with Crippen molar-refractivity contribution in [2.75, 3.05) is 33.3 Å². The van der Waals surface area contributed by atoms with E-state index in [1.54, 1.807) is 43.3 Å². The number of anilines is 1. The summed E-state index contributed by atoms with van der Waals surface area (Å²) in [6.45, 7) is 1.67. The summed E-state index contributed by atoms with van der Waals surface area (Å²) in [4.78, 5) is 27.3. The Bertz CT molecular complexity index is 1100. The summed E-state index contributed by atoms with van der Waals surface area (Å²) < 4.78 is 20.6. The van der Waals surface area contributed by atoms with Crippen molar-refractivity contribution in [3.05, 3.63) is 58.8 Å². The summed E-state index contributed by atoms with van der Waals surface area (Å²) in [6.07, 6.45) is 1.56. The highest BCUT2D eigenvalue weighted by Crippen LogP contribution is 2.39. The topological polar surface area (TPSA) is 94.5 Å². The maximum atomic E-state index is 13.4. The van der Waals surface area contributed by atoms with E-state index < -0.39 is 11.9 Å². The molecule has 0 aliphatic carbocycles. The van der Waals surface area contributed by atoms with Gasteiger partial charge in [0.15, 0.2) is 23.0 Å². The highest BCUT2D eigenvalue weighted by atomic mass is 16.5. The molecule has 0 bridgehead atoms. The second-order valence-corrected chi connectivity index (χ2v) is 6.62. The van der Waals surface area contributed by atoms with Crippen LogP contribution in [0.15, 0.2) is 53.2 Å². The van der Waals surface area contributed by atoms with Gasteiger partial charge in [-0.1, -0.05) is 6.07 Å².